The predicted octanol–water partition coefficient (Wildman–Crippen LogP) is 1.64. The SMILES string of the molecule is COC(=O)[C@@H]1[C@@H]2C(CN1S(=O)(=O)c1ccc(F)cc1)C2(C)C. The van der Waals surface area contributed by atoms with Gasteiger partial charge in [-0.05, 0) is 41.5 Å². The van der Waals surface area contributed by atoms with Crippen LogP contribution in [-0.2, 0) is 19.6 Å². The van der Waals surface area contributed by atoms with Gasteiger partial charge in [0, 0.05) is 6.54 Å². The Kier molecular flexibility index (Phi) is 3.34. The van der Waals surface area contributed by atoms with E-state index in [-0.39, 0.29) is 28.7 Å². The number of rotatable bonds is 3. The number of hydrogen-bond acceptors (Lipinski definition) is 4. The maximum atomic E-state index is 13.0. The molecule has 1 saturated heterocycles. The molecule has 0 N–H and O–H groups in total. The summed E-state index contributed by atoms with van der Waals surface area (Å²) in [5, 5.41) is 0. The minimum Gasteiger partial charge on any atom is -0.468 e. The average molecular weight is 327 g/mol. The van der Waals surface area contributed by atoms with Crippen LogP contribution in [0.4, 0.5) is 4.39 Å². The van der Waals surface area contributed by atoms with Crippen molar-refractivity contribution < 1.29 is 22.3 Å². The summed E-state index contributed by atoms with van der Waals surface area (Å²) in [6.07, 6.45) is 0. The molecule has 1 aliphatic carbocycles. The molecule has 1 unspecified atom stereocenters. The molecule has 3 rings (SSSR count). The number of fused-ring (bicyclic) bond motifs is 1. The van der Waals surface area contributed by atoms with Gasteiger partial charge in [-0.1, -0.05) is 13.8 Å². The van der Waals surface area contributed by atoms with Gasteiger partial charge in [0.1, 0.15) is 11.9 Å². The molecule has 0 aromatic heterocycles. The Morgan fingerprint density at radius 1 is 1.32 bits per heavy atom. The Labute approximate surface area is 129 Å². The quantitative estimate of drug-likeness (QED) is 0.792. The molecule has 5 nitrogen and oxygen atoms in total. The van der Waals surface area contributed by atoms with Crippen molar-refractivity contribution in [1.82, 2.24) is 4.31 Å². The van der Waals surface area contributed by atoms with Gasteiger partial charge in [0.05, 0.1) is 12.0 Å². The number of piperidine rings is 1. The average Bonchev–Trinajstić information content (AvgIpc) is 2.85. The van der Waals surface area contributed by atoms with E-state index in [0.717, 1.165) is 12.1 Å². The molecule has 1 heterocycles. The highest BCUT2D eigenvalue weighted by Crippen LogP contribution is 2.65. The van der Waals surface area contributed by atoms with E-state index in [9.17, 15) is 17.6 Å². The van der Waals surface area contributed by atoms with Crippen LogP contribution in [0.25, 0.3) is 0 Å². The first kappa shape index (κ1) is 15.4. The van der Waals surface area contributed by atoms with Crippen LogP contribution in [0, 0.1) is 23.1 Å². The lowest BCUT2D eigenvalue weighted by Crippen LogP contribution is -2.45. The molecule has 22 heavy (non-hydrogen) atoms. The second-order valence-electron chi connectivity index (χ2n) is 6.45. The van der Waals surface area contributed by atoms with Crippen LogP contribution in [0.3, 0.4) is 0 Å². The van der Waals surface area contributed by atoms with Gasteiger partial charge in [-0.3, -0.25) is 4.79 Å². The number of methoxy groups -OCH3 is 1. The number of nitrogens with zero attached hydrogens (tertiary/aromatic N) is 1. The number of sulfonamides is 1. The fourth-order valence-electron chi connectivity index (χ4n) is 3.62. The molecule has 2 fully saturated rings. The summed E-state index contributed by atoms with van der Waals surface area (Å²) >= 11 is 0. The number of ether oxygens (including phenoxy) is 1. The van der Waals surface area contributed by atoms with Crippen LogP contribution in [0.2, 0.25) is 0 Å². The van der Waals surface area contributed by atoms with Crippen LogP contribution in [-0.4, -0.2) is 38.4 Å². The minimum atomic E-state index is -3.85. The Hall–Kier alpha value is -1.47. The Morgan fingerprint density at radius 3 is 2.45 bits per heavy atom. The summed E-state index contributed by atoms with van der Waals surface area (Å²) < 4.78 is 44.5. The maximum absolute atomic E-state index is 13.0. The van der Waals surface area contributed by atoms with Crippen molar-refractivity contribution >= 4 is 16.0 Å². The van der Waals surface area contributed by atoms with E-state index < -0.39 is 27.9 Å². The van der Waals surface area contributed by atoms with Gasteiger partial charge in [-0.25, -0.2) is 12.8 Å². The van der Waals surface area contributed by atoms with Crippen molar-refractivity contribution in [3.63, 3.8) is 0 Å². The van der Waals surface area contributed by atoms with Gasteiger partial charge in [0.25, 0.3) is 0 Å². The van der Waals surface area contributed by atoms with Crippen molar-refractivity contribution in [2.24, 2.45) is 17.3 Å². The standard InChI is InChI=1S/C15H18FNO4S/c1-15(2)11-8-17(13(12(11)15)14(18)21-3)22(19,20)10-6-4-9(16)5-7-10/h4-7,11-13H,8H2,1-3H3/t11?,12-,13-/m0/s1. The second kappa shape index (κ2) is 4.76. The molecule has 2 aliphatic rings. The number of halogens is 1. The van der Waals surface area contributed by atoms with Crippen molar-refractivity contribution in [3.05, 3.63) is 30.1 Å². The van der Waals surface area contributed by atoms with Gasteiger partial charge in [0.15, 0.2) is 0 Å². The van der Waals surface area contributed by atoms with Crippen LogP contribution in [0.15, 0.2) is 29.2 Å². The Balaban J connectivity index is 1.97. The van der Waals surface area contributed by atoms with Crippen LogP contribution >= 0.6 is 0 Å². The van der Waals surface area contributed by atoms with E-state index in [1.807, 2.05) is 13.8 Å². The molecule has 0 radical (unpaired) electrons. The lowest BCUT2D eigenvalue weighted by molar-refractivity contribution is -0.145. The minimum absolute atomic E-state index is 0.0121. The first-order valence-corrected chi connectivity index (χ1v) is 8.50. The highest BCUT2D eigenvalue weighted by Gasteiger charge is 2.70. The summed E-state index contributed by atoms with van der Waals surface area (Å²) in [7, 11) is -2.59. The normalized spacial score (nSPS) is 29.9. The number of carbonyl (C=O) groups excluding carboxylic acids is 1. The summed E-state index contributed by atoms with van der Waals surface area (Å²) in [6, 6.07) is 3.82. The molecule has 3 atom stereocenters. The van der Waals surface area contributed by atoms with Gasteiger partial charge in [-0.2, -0.15) is 4.31 Å². The molecule has 0 amide bonds. The highest BCUT2D eigenvalue weighted by atomic mass is 32.2. The Bertz CT molecular complexity index is 714. The van der Waals surface area contributed by atoms with Gasteiger partial charge < -0.3 is 4.74 Å². The molecular weight excluding hydrogens is 309 g/mol. The highest BCUT2D eigenvalue weighted by molar-refractivity contribution is 7.89. The molecule has 1 saturated carbocycles. The zero-order valence-electron chi connectivity index (χ0n) is 12.6. The van der Waals surface area contributed by atoms with E-state index in [1.54, 1.807) is 0 Å². The summed E-state index contributed by atoms with van der Waals surface area (Å²) in [5.74, 6) is -0.931. The fraction of sp³-hybridized carbons (Fsp3) is 0.533. The monoisotopic (exact) mass is 327 g/mol. The van der Waals surface area contributed by atoms with Gasteiger partial charge >= 0.3 is 5.97 Å². The smallest absolute Gasteiger partial charge is 0.324 e. The summed E-state index contributed by atoms with van der Waals surface area (Å²) in [4.78, 5) is 12.1. The lowest BCUT2D eigenvalue weighted by Gasteiger charge is -2.28. The van der Waals surface area contributed by atoms with E-state index in [1.165, 1.54) is 23.5 Å². The van der Waals surface area contributed by atoms with E-state index in [2.05, 4.69) is 0 Å². The third kappa shape index (κ3) is 2.06. The topological polar surface area (TPSA) is 63.7 Å². The van der Waals surface area contributed by atoms with Gasteiger partial charge in [0.2, 0.25) is 10.0 Å². The largest absolute Gasteiger partial charge is 0.468 e. The van der Waals surface area contributed by atoms with E-state index in [0.29, 0.717) is 0 Å². The van der Waals surface area contributed by atoms with Gasteiger partial charge in [-0.15, -0.1) is 0 Å². The number of esters is 1. The van der Waals surface area contributed by atoms with Crippen LogP contribution in [0.5, 0.6) is 0 Å². The summed E-state index contributed by atoms with van der Waals surface area (Å²) in [6.45, 7) is 4.34. The number of benzene rings is 1. The second-order valence-corrected chi connectivity index (χ2v) is 8.34. The first-order chi connectivity index (χ1) is 10.2. The lowest BCUT2D eigenvalue weighted by atomic mass is 10.0. The third-order valence-corrected chi connectivity index (χ3v) is 6.89. The first-order valence-electron chi connectivity index (χ1n) is 7.06. The predicted molar refractivity (Wildman–Crippen MR) is 76.9 cm³/mol. The fourth-order valence-corrected chi connectivity index (χ4v) is 5.25. The van der Waals surface area contributed by atoms with Crippen LogP contribution in [0.1, 0.15) is 13.8 Å². The van der Waals surface area contributed by atoms with E-state index in [4.69, 9.17) is 4.74 Å². The van der Waals surface area contributed by atoms with Crippen LogP contribution < -0.4 is 0 Å². The Morgan fingerprint density at radius 2 is 1.91 bits per heavy atom. The van der Waals surface area contributed by atoms with Crippen molar-refractivity contribution in [3.8, 4) is 0 Å². The number of carbonyl (C=O) groups is 1. The molecule has 120 valence electrons. The number of hydrogen-bond donors (Lipinski definition) is 0. The molecule has 7 heteroatoms. The molecule has 1 aromatic rings. The van der Waals surface area contributed by atoms with Crippen molar-refractivity contribution in [2.45, 2.75) is 24.8 Å². The van der Waals surface area contributed by atoms with Crippen molar-refractivity contribution in [1.29, 1.82) is 0 Å². The maximum Gasteiger partial charge on any atom is 0.324 e. The molecule has 0 bridgehead atoms. The summed E-state index contributed by atoms with van der Waals surface area (Å²) in [5.41, 5.74) is -0.0618. The molecule has 1 aromatic carbocycles. The molecule has 0 spiro atoms. The zero-order chi connectivity index (χ0) is 16.3. The molecular formula is C15H18FNO4S. The molecule has 1 aliphatic heterocycles. The van der Waals surface area contributed by atoms with E-state index >= 15 is 0 Å². The zero-order valence-corrected chi connectivity index (χ0v) is 13.4. The third-order valence-electron chi connectivity index (χ3n) is 5.03. The van der Waals surface area contributed by atoms with Crippen molar-refractivity contribution in [2.75, 3.05) is 13.7 Å².